The van der Waals surface area contributed by atoms with Crippen molar-refractivity contribution in [2.75, 3.05) is 11.4 Å². The molecule has 0 aromatic heterocycles. The van der Waals surface area contributed by atoms with Crippen molar-refractivity contribution < 1.29 is 14.9 Å². The van der Waals surface area contributed by atoms with Crippen LogP contribution in [-0.4, -0.2) is 24.4 Å². The van der Waals surface area contributed by atoms with E-state index in [1.165, 1.54) is 10.5 Å². The van der Waals surface area contributed by atoms with Crippen LogP contribution in [0.1, 0.15) is 17.5 Å². The molecule has 2 aromatic carbocycles. The number of nitrogens with two attached hydrogens (primary N) is 1. The molecule has 0 saturated carbocycles. The summed E-state index contributed by atoms with van der Waals surface area (Å²) in [5, 5.41) is 2.68. The number of hydrogen-bond donors (Lipinski definition) is 1. The van der Waals surface area contributed by atoms with Crippen LogP contribution in [0.2, 0.25) is 5.02 Å². The summed E-state index contributed by atoms with van der Waals surface area (Å²) in [6.45, 7) is 2.73. The Morgan fingerprint density at radius 2 is 1.75 bits per heavy atom. The summed E-state index contributed by atoms with van der Waals surface area (Å²) in [7, 11) is 0. The average molecular weight is 344 g/mol. The summed E-state index contributed by atoms with van der Waals surface area (Å²) in [5.74, 6) is -0.253. The zero-order chi connectivity index (χ0) is 17.1. The highest BCUT2D eigenvalue weighted by molar-refractivity contribution is 6.30. The monoisotopic (exact) mass is 343 g/mol. The van der Waals surface area contributed by atoms with Gasteiger partial charge in [-0.25, -0.2) is 4.90 Å². The molecule has 1 aliphatic rings. The van der Waals surface area contributed by atoms with Gasteiger partial charge in [-0.05, 0) is 36.8 Å². The van der Waals surface area contributed by atoms with Crippen LogP contribution in [0.5, 0.6) is 0 Å². The maximum atomic E-state index is 12.5. The maximum absolute atomic E-state index is 12.5. The number of amides is 2. The molecule has 1 fully saturated rings. The third-order valence-corrected chi connectivity index (χ3v) is 4.52. The number of imide groups is 1. The minimum absolute atomic E-state index is 0.125. The first-order valence-electron chi connectivity index (χ1n) is 8.06. The highest BCUT2D eigenvalue weighted by atomic mass is 35.5. The molecule has 0 aliphatic carbocycles. The average Bonchev–Trinajstić information content (AvgIpc) is 2.85. The normalized spacial score (nSPS) is 17.6. The van der Waals surface area contributed by atoms with Crippen molar-refractivity contribution in [2.24, 2.45) is 0 Å². The molecule has 1 atom stereocenters. The van der Waals surface area contributed by atoms with Crippen molar-refractivity contribution in [3.8, 4) is 0 Å². The number of halogens is 1. The second-order valence-corrected chi connectivity index (χ2v) is 6.55. The molecule has 4 nitrogen and oxygen atoms in total. The number of benzene rings is 2. The summed E-state index contributed by atoms with van der Waals surface area (Å²) in [4.78, 5) is 26.1. The molecule has 0 bridgehead atoms. The van der Waals surface area contributed by atoms with Gasteiger partial charge in [-0.3, -0.25) is 9.59 Å². The van der Waals surface area contributed by atoms with Crippen molar-refractivity contribution in [1.82, 2.24) is 0 Å². The number of quaternary nitrogens is 1. The van der Waals surface area contributed by atoms with Crippen molar-refractivity contribution in [3.05, 3.63) is 64.7 Å². The lowest BCUT2D eigenvalue weighted by Crippen LogP contribution is -2.92. The summed E-state index contributed by atoms with van der Waals surface area (Å²) < 4.78 is 0. The first-order valence-corrected chi connectivity index (χ1v) is 8.43. The quantitative estimate of drug-likeness (QED) is 0.845. The van der Waals surface area contributed by atoms with Gasteiger partial charge in [0.2, 0.25) is 5.91 Å². The number of carbonyl (C=O) groups excluding carboxylic acids is 2. The Morgan fingerprint density at radius 1 is 1.08 bits per heavy atom. The SMILES string of the molecule is Cc1ccc(N2C(=O)C[C@H]([NH2+]CCc3ccc(Cl)cc3)C2=O)cc1. The molecule has 5 heteroatoms. The molecule has 2 N–H and O–H groups in total. The lowest BCUT2D eigenvalue weighted by atomic mass is 10.1. The van der Waals surface area contributed by atoms with Crippen LogP contribution in [0.25, 0.3) is 0 Å². The van der Waals surface area contributed by atoms with E-state index in [1.807, 2.05) is 60.8 Å². The predicted octanol–water partition coefficient (Wildman–Crippen LogP) is 2.09. The van der Waals surface area contributed by atoms with E-state index in [-0.39, 0.29) is 24.3 Å². The van der Waals surface area contributed by atoms with Gasteiger partial charge in [-0.2, -0.15) is 0 Å². The molecule has 1 heterocycles. The molecular formula is C19H20ClN2O2+. The van der Waals surface area contributed by atoms with E-state index in [9.17, 15) is 9.59 Å². The van der Waals surface area contributed by atoms with Crippen molar-refractivity contribution >= 4 is 29.1 Å². The van der Waals surface area contributed by atoms with Crippen LogP contribution < -0.4 is 10.2 Å². The fraction of sp³-hybridized carbons (Fsp3) is 0.263. The largest absolute Gasteiger partial charge is 0.335 e. The molecule has 0 spiro atoms. The minimum atomic E-state index is -0.328. The van der Waals surface area contributed by atoms with Gasteiger partial charge in [0.25, 0.3) is 5.91 Å². The van der Waals surface area contributed by atoms with E-state index in [4.69, 9.17) is 11.6 Å². The summed E-state index contributed by atoms with van der Waals surface area (Å²) >= 11 is 5.87. The van der Waals surface area contributed by atoms with Gasteiger partial charge in [0.15, 0.2) is 6.04 Å². The van der Waals surface area contributed by atoms with Crippen LogP contribution in [0, 0.1) is 6.92 Å². The number of anilines is 1. The lowest BCUT2D eigenvalue weighted by Gasteiger charge is -2.14. The topological polar surface area (TPSA) is 54.0 Å². The van der Waals surface area contributed by atoms with Crippen LogP contribution in [0.3, 0.4) is 0 Å². The Bertz CT molecular complexity index is 741. The molecule has 0 radical (unpaired) electrons. The molecule has 0 unspecified atom stereocenters. The fourth-order valence-electron chi connectivity index (χ4n) is 2.91. The Labute approximate surface area is 146 Å². The number of aryl methyl sites for hydroxylation is 1. The fourth-order valence-corrected chi connectivity index (χ4v) is 3.03. The molecular weight excluding hydrogens is 324 g/mol. The van der Waals surface area contributed by atoms with Crippen LogP contribution >= 0.6 is 11.6 Å². The van der Waals surface area contributed by atoms with Crippen molar-refractivity contribution in [2.45, 2.75) is 25.8 Å². The number of rotatable bonds is 5. The molecule has 2 aromatic rings. The van der Waals surface area contributed by atoms with Crippen LogP contribution in [0.15, 0.2) is 48.5 Å². The second-order valence-electron chi connectivity index (χ2n) is 6.11. The van der Waals surface area contributed by atoms with E-state index in [1.54, 1.807) is 0 Å². The van der Waals surface area contributed by atoms with Gasteiger partial charge in [0.05, 0.1) is 18.7 Å². The first kappa shape index (κ1) is 16.7. The van der Waals surface area contributed by atoms with Crippen molar-refractivity contribution in [1.29, 1.82) is 0 Å². The second kappa shape index (κ2) is 7.16. The van der Waals surface area contributed by atoms with Gasteiger partial charge < -0.3 is 5.32 Å². The maximum Gasteiger partial charge on any atom is 0.292 e. The van der Waals surface area contributed by atoms with Crippen molar-refractivity contribution in [3.63, 3.8) is 0 Å². The van der Waals surface area contributed by atoms with E-state index >= 15 is 0 Å². The third-order valence-electron chi connectivity index (χ3n) is 4.27. The van der Waals surface area contributed by atoms with Gasteiger partial charge in [-0.1, -0.05) is 41.4 Å². The van der Waals surface area contributed by atoms with Gasteiger partial charge >= 0.3 is 0 Å². The van der Waals surface area contributed by atoms with Gasteiger partial charge in [0.1, 0.15) is 0 Å². The third kappa shape index (κ3) is 3.66. The molecule has 3 rings (SSSR count). The van der Waals surface area contributed by atoms with E-state index in [0.29, 0.717) is 10.7 Å². The van der Waals surface area contributed by atoms with Crippen LogP contribution in [0.4, 0.5) is 5.69 Å². The van der Waals surface area contributed by atoms with Gasteiger partial charge in [0, 0.05) is 11.4 Å². The molecule has 2 amide bonds. The zero-order valence-electron chi connectivity index (χ0n) is 13.5. The predicted molar refractivity (Wildman–Crippen MR) is 94.0 cm³/mol. The molecule has 124 valence electrons. The number of hydrogen-bond acceptors (Lipinski definition) is 2. The summed E-state index contributed by atoms with van der Waals surface area (Å²) in [6.07, 6.45) is 1.09. The van der Waals surface area contributed by atoms with E-state index in [2.05, 4.69) is 0 Å². The summed E-state index contributed by atoms with van der Waals surface area (Å²) in [5.41, 5.74) is 2.93. The highest BCUT2D eigenvalue weighted by Gasteiger charge is 2.41. The van der Waals surface area contributed by atoms with Crippen LogP contribution in [-0.2, 0) is 16.0 Å². The standard InChI is InChI=1S/C19H19ClN2O2/c1-13-2-8-16(9-3-13)22-18(23)12-17(19(22)24)21-11-10-14-4-6-15(20)7-5-14/h2-9,17,21H,10-12H2,1H3/p+1/t17-/m0/s1. The Balaban J connectivity index is 1.59. The molecule has 24 heavy (non-hydrogen) atoms. The first-order chi connectivity index (χ1) is 11.5. The highest BCUT2D eigenvalue weighted by Crippen LogP contribution is 2.21. The Hall–Kier alpha value is -2.17. The van der Waals surface area contributed by atoms with E-state index in [0.717, 1.165) is 18.5 Å². The Kier molecular flexibility index (Phi) is 4.97. The van der Waals surface area contributed by atoms with E-state index < -0.39 is 0 Å². The summed E-state index contributed by atoms with van der Waals surface area (Å²) in [6, 6.07) is 14.8. The lowest BCUT2D eigenvalue weighted by molar-refractivity contribution is -0.674. The molecule has 1 saturated heterocycles. The number of carbonyl (C=O) groups is 2. The smallest absolute Gasteiger partial charge is 0.292 e. The zero-order valence-corrected chi connectivity index (χ0v) is 14.3. The van der Waals surface area contributed by atoms with Gasteiger partial charge in [-0.15, -0.1) is 0 Å². The minimum Gasteiger partial charge on any atom is -0.335 e. The molecule has 1 aliphatic heterocycles. The Morgan fingerprint density at radius 3 is 2.42 bits per heavy atom. The number of nitrogens with zero attached hydrogens (tertiary/aromatic N) is 1.